The minimum Gasteiger partial charge on any atom is -0.393 e. The van der Waals surface area contributed by atoms with Gasteiger partial charge in [-0.05, 0) is 32.6 Å². The zero-order chi connectivity index (χ0) is 11.3. The van der Waals surface area contributed by atoms with E-state index < -0.39 is 0 Å². The van der Waals surface area contributed by atoms with Crippen LogP contribution in [0, 0.1) is 25.7 Å². The van der Waals surface area contributed by atoms with Gasteiger partial charge in [0.15, 0.2) is 5.13 Å². The van der Waals surface area contributed by atoms with Crippen LogP contribution >= 0.6 is 11.3 Å². The zero-order valence-corrected chi connectivity index (χ0v) is 10.6. The van der Waals surface area contributed by atoms with Crippen molar-refractivity contribution in [1.82, 2.24) is 4.98 Å². The molecular formula is C12H18N2OS. The molecule has 3 atom stereocenters. The molecule has 4 heteroatoms. The Morgan fingerprint density at radius 2 is 2.12 bits per heavy atom. The Bertz CT molecular complexity index is 384. The van der Waals surface area contributed by atoms with Crippen molar-refractivity contribution in [2.24, 2.45) is 11.8 Å². The zero-order valence-electron chi connectivity index (χ0n) is 9.81. The van der Waals surface area contributed by atoms with Crippen LogP contribution in [0.1, 0.15) is 23.4 Å². The summed E-state index contributed by atoms with van der Waals surface area (Å²) in [6, 6.07) is 0. The molecule has 3 unspecified atom stereocenters. The Balaban J connectivity index is 1.79. The highest BCUT2D eigenvalue weighted by atomic mass is 32.1. The first-order valence-electron chi connectivity index (χ1n) is 6.02. The first-order chi connectivity index (χ1) is 7.65. The molecule has 2 aliphatic rings. The lowest BCUT2D eigenvalue weighted by molar-refractivity contribution is 0.133. The highest BCUT2D eigenvalue weighted by Gasteiger charge is 2.42. The third kappa shape index (κ3) is 1.55. The predicted molar refractivity (Wildman–Crippen MR) is 66.0 cm³/mol. The normalized spacial score (nSPS) is 33.4. The number of aromatic nitrogens is 1. The van der Waals surface area contributed by atoms with E-state index in [2.05, 4.69) is 23.7 Å². The average Bonchev–Trinajstić information content (AvgIpc) is 2.87. The van der Waals surface area contributed by atoms with Crippen molar-refractivity contribution in [1.29, 1.82) is 0 Å². The monoisotopic (exact) mass is 238 g/mol. The first kappa shape index (κ1) is 10.5. The van der Waals surface area contributed by atoms with Crippen molar-refractivity contribution in [3.05, 3.63) is 10.6 Å². The largest absolute Gasteiger partial charge is 0.393 e. The molecule has 3 nitrogen and oxygen atoms in total. The van der Waals surface area contributed by atoms with E-state index in [1.165, 1.54) is 11.3 Å². The van der Waals surface area contributed by atoms with Gasteiger partial charge < -0.3 is 10.0 Å². The van der Waals surface area contributed by atoms with Crippen LogP contribution in [0.25, 0.3) is 0 Å². The van der Waals surface area contributed by atoms with Crippen LogP contribution in [0.3, 0.4) is 0 Å². The van der Waals surface area contributed by atoms with Gasteiger partial charge in [0.1, 0.15) is 0 Å². The van der Waals surface area contributed by atoms with Crippen molar-refractivity contribution < 1.29 is 5.11 Å². The number of hydrogen-bond donors (Lipinski definition) is 1. The summed E-state index contributed by atoms with van der Waals surface area (Å²) in [4.78, 5) is 8.28. The Morgan fingerprint density at radius 1 is 1.31 bits per heavy atom. The number of fused-ring (bicyclic) bond motifs is 1. The summed E-state index contributed by atoms with van der Waals surface area (Å²) in [7, 11) is 0. The second-order valence-electron chi connectivity index (χ2n) is 5.11. The van der Waals surface area contributed by atoms with E-state index in [4.69, 9.17) is 0 Å². The summed E-state index contributed by atoms with van der Waals surface area (Å²) in [6.45, 7) is 6.29. The van der Waals surface area contributed by atoms with E-state index in [9.17, 15) is 5.11 Å². The number of hydrogen-bond acceptors (Lipinski definition) is 4. The Kier molecular flexibility index (Phi) is 2.44. The van der Waals surface area contributed by atoms with Crippen LogP contribution in [0.4, 0.5) is 5.13 Å². The summed E-state index contributed by atoms with van der Waals surface area (Å²) in [5.74, 6) is 1.18. The van der Waals surface area contributed by atoms with Gasteiger partial charge in [-0.3, -0.25) is 0 Å². The van der Waals surface area contributed by atoms with Crippen LogP contribution in [-0.2, 0) is 0 Å². The molecule has 0 amide bonds. The summed E-state index contributed by atoms with van der Waals surface area (Å²) in [5.41, 5.74) is 1.15. The van der Waals surface area contributed by atoms with Gasteiger partial charge in [-0.25, -0.2) is 4.98 Å². The molecule has 0 radical (unpaired) electrons. The minimum atomic E-state index is -0.0721. The third-order valence-corrected chi connectivity index (χ3v) is 5.24. The van der Waals surface area contributed by atoms with Crippen molar-refractivity contribution >= 4 is 16.5 Å². The van der Waals surface area contributed by atoms with Crippen LogP contribution < -0.4 is 4.90 Å². The van der Waals surface area contributed by atoms with Gasteiger partial charge in [-0.1, -0.05) is 0 Å². The quantitative estimate of drug-likeness (QED) is 0.812. The van der Waals surface area contributed by atoms with Gasteiger partial charge in [-0.2, -0.15) is 0 Å². The van der Waals surface area contributed by atoms with Gasteiger partial charge in [-0.15, -0.1) is 11.3 Å². The topological polar surface area (TPSA) is 36.4 Å². The summed E-state index contributed by atoms with van der Waals surface area (Å²) in [6.07, 6.45) is 2.11. The van der Waals surface area contributed by atoms with Gasteiger partial charge in [0.05, 0.1) is 11.8 Å². The predicted octanol–water partition coefficient (Wildman–Crippen LogP) is 1.97. The molecule has 1 aromatic rings. The van der Waals surface area contributed by atoms with E-state index in [0.29, 0.717) is 11.8 Å². The van der Waals surface area contributed by atoms with Crippen molar-refractivity contribution in [3.8, 4) is 0 Å². The lowest BCUT2D eigenvalue weighted by atomic mass is 10.00. The van der Waals surface area contributed by atoms with Crippen molar-refractivity contribution in [3.63, 3.8) is 0 Å². The molecule has 2 fully saturated rings. The average molecular weight is 238 g/mol. The van der Waals surface area contributed by atoms with Gasteiger partial charge in [0.25, 0.3) is 0 Å². The molecule has 2 heterocycles. The molecule has 1 saturated carbocycles. The lowest BCUT2D eigenvalue weighted by Crippen LogP contribution is -2.24. The molecular weight excluding hydrogens is 220 g/mol. The number of thiazole rings is 1. The molecule has 0 spiro atoms. The van der Waals surface area contributed by atoms with Gasteiger partial charge >= 0.3 is 0 Å². The second-order valence-corrected chi connectivity index (χ2v) is 6.29. The van der Waals surface area contributed by atoms with Crippen LogP contribution in [0.15, 0.2) is 0 Å². The van der Waals surface area contributed by atoms with Crippen molar-refractivity contribution in [2.75, 3.05) is 18.0 Å². The fourth-order valence-corrected chi connectivity index (χ4v) is 3.91. The summed E-state index contributed by atoms with van der Waals surface area (Å²) < 4.78 is 0. The Labute approximate surface area is 100 Å². The van der Waals surface area contributed by atoms with Crippen LogP contribution in [0.2, 0.25) is 0 Å². The Hall–Kier alpha value is -0.610. The number of anilines is 1. The minimum absolute atomic E-state index is 0.0721. The molecule has 3 rings (SSSR count). The molecule has 88 valence electrons. The van der Waals surface area contributed by atoms with Crippen LogP contribution in [0.5, 0.6) is 0 Å². The first-order valence-corrected chi connectivity index (χ1v) is 6.84. The standard InChI is InChI=1S/C12H18N2OS/c1-7-8(2)16-12(13-7)14-5-9-3-4-11(15)10(9)6-14/h9-11,15H,3-6H2,1-2H3. The summed E-state index contributed by atoms with van der Waals surface area (Å²) in [5, 5.41) is 11.0. The number of aryl methyl sites for hydroxylation is 2. The molecule has 0 aromatic carbocycles. The lowest BCUT2D eigenvalue weighted by Gasteiger charge is -2.16. The SMILES string of the molecule is Cc1nc(N2CC3CCC(O)C3C2)sc1C. The second kappa shape index (κ2) is 3.70. The van der Waals surface area contributed by atoms with E-state index in [1.54, 1.807) is 11.3 Å². The van der Waals surface area contributed by atoms with Gasteiger partial charge in [0, 0.05) is 23.9 Å². The smallest absolute Gasteiger partial charge is 0.185 e. The maximum atomic E-state index is 9.88. The Morgan fingerprint density at radius 3 is 2.75 bits per heavy atom. The molecule has 1 saturated heterocycles. The molecule has 1 aliphatic carbocycles. The fraction of sp³-hybridized carbons (Fsp3) is 0.750. The molecule has 1 aromatic heterocycles. The van der Waals surface area contributed by atoms with Gasteiger partial charge in [0.2, 0.25) is 0 Å². The highest BCUT2D eigenvalue weighted by Crippen LogP contribution is 2.40. The number of aliphatic hydroxyl groups is 1. The summed E-state index contributed by atoms with van der Waals surface area (Å²) >= 11 is 1.78. The molecule has 0 bridgehead atoms. The maximum Gasteiger partial charge on any atom is 0.185 e. The van der Waals surface area contributed by atoms with Crippen molar-refractivity contribution in [2.45, 2.75) is 32.8 Å². The maximum absolute atomic E-state index is 9.88. The number of aliphatic hydroxyl groups excluding tert-OH is 1. The third-order valence-electron chi connectivity index (χ3n) is 4.11. The van der Waals surface area contributed by atoms with E-state index in [1.807, 2.05) is 0 Å². The molecule has 1 aliphatic heterocycles. The fourth-order valence-electron chi connectivity index (χ4n) is 2.98. The molecule has 16 heavy (non-hydrogen) atoms. The number of rotatable bonds is 1. The van der Waals surface area contributed by atoms with E-state index >= 15 is 0 Å². The van der Waals surface area contributed by atoms with E-state index in [-0.39, 0.29) is 6.10 Å². The molecule has 1 N–H and O–H groups in total. The van der Waals surface area contributed by atoms with Crippen LogP contribution in [-0.4, -0.2) is 29.3 Å². The van der Waals surface area contributed by atoms with E-state index in [0.717, 1.165) is 30.3 Å². The highest BCUT2D eigenvalue weighted by molar-refractivity contribution is 7.15. The number of nitrogens with zero attached hydrogens (tertiary/aromatic N) is 2.